The van der Waals surface area contributed by atoms with Crippen molar-refractivity contribution in [1.82, 2.24) is 20.1 Å². The maximum Gasteiger partial charge on any atom is 0.322 e. The number of aryl methyl sites for hydroxylation is 1. The van der Waals surface area contributed by atoms with E-state index in [-0.39, 0.29) is 11.8 Å². The second-order valence-electron chi connectivity index (χ2n) is 5.44. The summed E-state index contributed by atoms with van der Waals surface area (Å²) in [6.07, 6.45) is 2.49. The summed E-state index contributed by atoms with van der Waals surface area (Å²) in [5.74, 6) is -0.425. The molecule has 112 valence electrons. The van der Waals surface area contributed by atoms with Gasteiger partial charge >= 0.3 is 6.03 Å². The lowest BCUT2D eigenvalue weighted by Crippen LogP contribution is -2.55. The predicted molar refractivity (Wildman–Crippen MR) is 75.0 cm³/mol. The number of carbonyl (C=O) groups excluding carboxylic acids is 3. The predicted octanol–water partition coefficient (Wildman–Crippen LogP) is 0.493. The Morgan fingerprint density at radius 1 is 1.33 bits per heavy atom. The van der Waals surface area contributed by atoms with Crippen molar-refractivity contribution in [2.75, 3.05) is 13.1 Å². The Morgan fingerprint density at radius 3 is 2.48 bits per heavy atom. The van der Waals surface area contributed by atoms with E-state index in [9.17, 15) is 14.4 Å². The minimum absolute atomic E-state index is 0.121. The molecule has 2 saturated heterocycles. The highest BCUT2D eigenvalue weighted by Crippen LogP contribution is 2.26. The monoisotopic (exact) mass is 310 g/mol. The van der Waals surface area contributed by atoms with Gasteiger partial charge in [-0.05, 0) is 18.9 Å². The number of likely N-dealkylation sites (tertiary alicyclic amines) is 1. The Kier molecular flexibility index (Phi) is 3.16. The van der Waals surface area contributed by atoms with Gasteiger partial charge < -0.3 is 14.8 Å². The summed E-state index contributed by atoms with van der Waals surface area (Å²) in [6, 6.07) is 1.16. The highest BCUT2D eigenvalue weighted by Gasteiger charge is 2.48. The Balaban J connectivity index is 1.71. The number of hydrogen-bond acceptors (Lipinski definition) is 3. The molecule has 0 radical (unpaired) electrons. The molecular formula is C13H15ClN4O3. The van der Waals surface area contributed by atoms with Crippen molar-refractivity contribution in [3.63, 3.8) is 0 Å². The van der Waals surface area contributed by atoms with E-state index in [1.807, 2.05) is 0 Å². The molecule has 7 nitrogen and oxygen atoms in total. The van der Waals surface area contributed by atoms with E-state index in [1.54, 1.807) is 28.8 Å². The molecule has 0 saturated carbocycles. The van der Waals surface area contributed by atoms with Crippen LogP contribution in [0.4, 0.5) is 4.79 Å². The third-order valence-corrected chi connectivity index (χ3v) is 4.32. The molecule has 21 heavy (non-hydrogen) atoms. The van der Waals surface area contributed by atoms with Crippen molar-refractivity contribution in [2.45, 2.75) is 18.4 Å². The van der Waals surface area contributed by atoms with E-state index in [0.29, 0.717) is 36.6 Å². The fourth-order valence-electron chi connectivity index (χ4n) is 2.87. The summed E-state index contributed by atoms with van der Waals surface area (Å²) >= 11 is 5.89. The Labute approximate surface area is 126 Å². The maximum atomic E-state index is 12.4. The van der Waals surface area contributed by atoms with Gasteiger partial charge in [-0.3, -0.25) is 14.9 Å². The Bertz CT molecular complexity index is 631. The van der Waals surface area contributed by atoms with Gasteiger partial charge in [-0.1, -0.05) is 11.6 Å². The van der Waals surface area contributed by atoms with Gasteiger partial charge in [0.25, 0.3) is 11.8 Å². The molecule has 0 unspecified atom stereocenters. The van der Waals surface area contributed by atoms with Crippen LogP contribution in [0.25, 0.3) is 0 Å². The number of nitrogens with one attached hydrogen (secondary N) is 2. The summed E-state index contributed by atoms with van der Waals surface area (Å²) in [5, 5.41) is 5.43. The van der Waals surface area contributed by atoms with Crippen LogP contribution in [0.2, 0.25) is 5.02 Å². The normalized spacial score (nSPS) is 20.6. The number of piperidine rings is 1. The molecule has 2 aliphatic heterocycles. The molecular weight excluding hydrogens is 296 g/mol. The van der Waals surface area contributed by atoms with Gasteiger partial charge in [0.1, 0.15) is 11.2 Å². The lowest BCUT2D eigenvalue weighted by molar-refractivity contribution is -0.125. The van der Waals surface area contributed by atoms with Gasteiger partial charge in [0, 0.05) is 26.3 Å². The van der Waals surface area contributed by atoms with Gasteiger partial charge in [-0.25, -0.2) is 4.79 Å². The van der Waals surface area contributed by atoms with E-state index in [4.69, 9.17) is 11.6 Å². The molecule has 0 aromatic carbocycles. The van der Waals surface area contributed by atoms with Crippen LogP contribution in [0.3, 0.4) is 0 Å². The summed E-state index contributed by atoms with van der Waals surface area (Å²) < 4.78 is 1.68. The highest BCUT2D eigenvalue weighted by molar-refractivity contribution is 6.31. The van der Waals surface area contributed by atoms with E-state index in [1.165, 1.54) is 0 Å². The van der Waals surface area contributed by atoms with E-state index >= 15 is 0 Å². The maximum absolute atomic E-state index is 12.4. The van der Waals surface area contributed by atoms with Crippen LogP contribution in [0.1, 0.15) is 23.3 Å². The fourth-order valence-corrected chi connectivity index (χ4v) is 3.12. The number of amides is 4. The zero-order chi connectivity index (χ0) is 15.2. The van der Waals surface area contributed by atoms with Crippen molar-refractivity contribution >= 4 is 29.4 Å². The van der Waals surface area contributed by atoms with Gasteiger partial charge in [-0.2, -0.15) is 0 Å². The number of rotatable bonds is 1. The first-order valence-corrected chi connectivity index (χ1v) is 7.04. The molecule has 3 heterocycles. The molecule has 0 aliphatic carbocycles. The SMILES string of the molecule is Cn1cc(Cl)cc1C(=O)N1CCC2(CC1)NC(=O)NC2=O. The zero-order valence-electron chi connectivity index (χ0n) is 11.5. The van der Waals surface area contributed by atoms with Crippen LogP contribution in [-0.2, 0) is 11.8 Å². The molecule has 1 spiro atoms. The van der Waals surface area contributed by atoms with Crippen LogP contribution in [0, 0.1) is 0 Å². The third kappa shape index (κ3) is 2.27. The first-order chi connectivity index (χ1) is 9.91. The van der Waals surface area contributed by atoms with Crippen LogP contribution in [0.5, 0.6) is 0 Å². The molecule has 2 aliphatic rings. The minimum Gasteiger partial charge on any atom is -0.345 e. The largest absolute Gasteiger partial charge is 0.345 e. The Hall–Kier alpha value is -2.02. The van der Waals surface area contributed by atoms with Gasteiger partial charge in [0.2, 0.25) is 0 Å². The first-order valence-electron chi connectivity index (χ1n) is 6.66. The van der Waals surface area contributed by atoms with Crippen LogP contribution >= 0.6 is 11.6 Å². The van der Waals surface area contributed by atoms with Gasteiger partial charge in [0.15, 0.2) is 0 Å². The lowest BCUT2D eigenvalue weighted by Gasteiger charge is -2.36. The number of imide groups is 1. The second-order valence-corrected chi connectivity index (χ2v) is 5.87. The molecule has 8 heteroatoms. The minimum atomic E-state index is -0.861. The highest BCUT2D eigenvalue weighted by atomic mass is 35.5. The number of aromatic nitrogens is 1. The topological polar surface area (TPSA) is 83.4 Å². The van der Waals surface area contributed by atoms with Crippen molar-refractivity contribution < 1.29 is 14.4 Å². The average molecular weight is 311 g/mol. The molecule has 2 N–H and O–H groups in total. The molecule has 2 fully saturated rings. The quantitative estimate of drug-likeness (QED) is 0.741. The number of hydrogen-bond donors (Lipinski definition) is 2. The Morgan fingerprint density at radius 2 is 2.00 bits per heavy atom. The summed E-state index contributed by atoms with van der Waals surface area (Å²) in [4.78, 5) is 37.2. The number of halogens is 1. The lowest BCUT2D eigenvalue weighted by atomic mass is 9.87. The van der Waals surface area contributed by atoms with Crippen molar-refractivity contribution in [1.29, 1.82) is 0 Å². The second kappa shape index (κ2) is 4.77. The number of carbonyl (C=O) groups is 3. The van der Waals surface area contributed by atoms with Crippen LogP contribution in [0.15, 0.2) is 12.3 Å². The number of urea groups is 1. The molecule has 4 amide bonds. The van der Waals surface area contributed by atoms with Crippen molar-refractivity contribution in [2.24, 2.45) is 7.05 Å². The smallest absolute Gasteiger partial charge is 0.322 e. The molecule has 3 rings (SSSR count). The van der Waals surface area contributed by atoms with Crippen LogP contribution in [-0.4, -0.2) is 45.9 Å². The summed E-state index contributed by atoms with van der Waals surface area (Å²) in [5.41, 5.74) is -0.351. The standard InChI is InChI=1S/C13H15ClN4O3/c1-17-7-8(14)6-9(17)10(19)18-4-2-13(3-5-18)11(20)15-12(21)16-13/h6-7H,2-5H2,1H3,(H2,15,16,20,21). The fraction of sp³-hybridized carbons (Fsp3) is 0.462. The van der Waals surface area contributed by atoms with Crippen LogP contribution < -0.4 is 10.6 Å². The summed E-state index contributed by atoms with van der Waals surface area (Å²) in [7, 11) is 1.76. The number of nitrogens with zero attached hydrogens (tertiary/aromatic N) is 2. The van der Waals surface area contributed by atoms with E-state index in [2.05, 4.69) is 10.6 Å². The first kappa shape index (κ1) is 13.9. The van der Waals surface area contributed by atoms with Crippen molar-refractivity contribution in [3.05, 3.63) is 23.0 Å². The van der Waals surface area contributed by atoms with Gasteiger partial charge in [0.05, 0.1) is 5.02 Å². The van der Waals surface area contributed by atoms with E-state index in [0.717, 1.165) is 0 Å². The van der Waals surface area contributed by atoms with Crippen molar-refractivity contribution in [3.8, 4) is 0 Å². The van der Waals surface area contributed by atoms with E-state index < -0.39 is 11.6 Å². The average Bonchev–Trinajstić information content (AvgIpc) is 2.90. The molecule has 1 aromatic rings. The molecule has 1 aromatic heterocycles. The molecule has 0 bridgehead atoms. The zero-order valence-corrected chi connectivity index (χ0v) is 12.2. The van der Waals surface area contributed by atoms with Gasteiger partial charge in [-0.15, -0.1) is 0 Å². The third-order valence-electron chi connectivity index (χ3n) is 4.11. The molecule has 0 atom stereocenters. The summed E-state index contributed by atoms with van der Waals surface area (Å²) in [6.45, 7) is 0.824.